The molecule has 22 heavy (non-hydrogen) atoms. The number of amides is 2. The van der Waals surface area contributed by atoms with Crippen LogP contribution in [0.4, 0.5) is 0 Å². The lowest BCUT2D eigenvalue weighted by Gasteiger charge is -2.32. The molecule has 1 heterocycles. The third-order valence-electron chi connectivity index (χ3n) is 4.38. The van der Waals surface area contributed by atoms with Crippen molar-refractivity contribution in [2.24, 2.45) is 0 Å². The highest BCUT2D eigenvalue weighted by atomic mass is 16.2. The minimum atomic E-state index is 0.199. The van der Waals surface area contributed by atoms with Crippen molar-refractivity contribution in [1.82, 2.24) is 15.1 Å². The van der Waals surface area contributed by atoms with Gasteiger partial charge < -0.3 is 15.1 Å². The van der Waals surface area contributed by atoms with Crippen LogP contribution in [0.5, 0.6) is 0 Å². The first-order valence-corrected chi connectivity index (χ1v) is 8.85. The zero-order chi connectivity index (χ0) is 16.4. The standard InChI is InChI=1S/C17H33N3O2/c1-4-11-19(12-5-2)16(21)7-6-8-17(22)20-13-9-15(18-3)10-14-20/h15,18H,4-14H2,1-3H3. The zero-order valence-electron chi connectivity index (χ0n) is 14.6. The van der Waals surface area contributed by atoms with Crippen LogP contribution in [0.25, 0.3) is 0 Å². The second kappa shape index (κ2) is 10.6. The van der Waals surface area contributed by atoms with Crippen LogP contribution in [0, 0.1) is 0 Å². The molecule has 0 bridgehead atoms. The number of nitrogens with zero attached hydrogens (tertiary/aromatic N) is 2. The molecule has 0 saturated carbocycles. The fourth-order valence-electron chi connectivity index (χ4n) is 3.03. The monoisotopic (exact) mass is 311 g/mol. The Labute approximate surface area is 135 Å². The van der Waals surface area contributed by atoms with Gasteiger partial charge >= 0.3 is 0 Å². The van der Waals surface area contributed by atoms with Crippen molar-refractivity contribution in [3.8, 4) is 0 Å². The Balaban J connectivity index is 2.25. The smallest absolute Gasteiger partial charge is 0.222 e. The van der Waals surface area contributed by atoms with Crippen LogP contribution in [0.15, 0.2) is 0 Å². The lowest BCUT2D eigenvalue weighted by atomic mass is 10.0. The minimum absolute atomic E-state index is 0.199. The van der Waals surface area contributed by atoms with E-state index in [9.17, 15) is 9.59 Å². The summed E-state index contributed by atoms with van der Waals surface area (Å²) in [6.07, 6.45) is 5.72. The fourth-order valence-corrected chi connectivity index (χ4v) is 3.03. The molecule has 1 fully saturated rings. The number of likely N-dealkylation sites (tertiary alicyclic amines) is 1. The second-order valence-corrected chi connectivity index (χ2v) is 6.18. The number of piperidine rings is 1. The van der Waals surface area contributed by atoms with E-state index in [2.05, 4.69) is 19.2 Å². The number of rotatable bonds is 9. The maximum absolute atomic E-state index is 12.2. The molecule has 1 N–H and O–H groups in total. The number of hydrogen-bond donors (Lipinski definition) is 1. The Morgan fingerprint density at radius 1 is 1.09 bits per heavy atom. The van der Waals surface area contributed by atoms with E-state index in [1.54, 1.807) is 0 Å². The van der Waals surface area contributed by atoms with E-state index in [0.29, 0.717) is 25.3 Å². The molecule has 0 unspecified atom stereocenters. The molecule has 0 aromatic carbocycles. The maximum atomic E-state index is 12.2. The SMILES string of the molecule is CCCN(CCC)C(=O)CCCC(=O)N1CCC(NC)CC1. The molecule has 0 spiro atoms. The quantitative estimate of drug-likeness (QED) is 0.709. The summed E-state index contributed by atoms with van der Waals surface area (Å²) in [5, 5.41) is 3.27. The van der Waals surface area contributed by atoms with Crippen molar-refractivity contribution in [2.45, 2.75) is 64.8 Å². The van der Waals surface area contributed by atoms with Gasteiger partial charge in [-0.2, -0.15) is 0 Å². The Hall–Kier alpha value is -1.10. The highest BCUT2D eigenvalue weighted by molar-refractivity contribution is 5.79. The van der Waals surface area contributed by atoms with E-state index in [-0.39, 0.29) is 11.8 Å². The summed E-state index contributed by atoms with van der Waals surface area (Å²) >= 11 is 0. The highest BCUT2D eigenvalue weighted by Gasteiger charge is 2.21. The van der Waals surface area contributed by atoms with Crippen molar-refractivity contribution in [2.75, 3.05) is 33.2 Å². The Bertz CT molecular complexity index is 333. The van der Waals surface area contributed by atoms with Gasteiger partial charge in [0.2, 0.25) is 11.8 Å². The van der Waals surface area contributed by atoms with Crippen molar-refractivity contribution < 1.29 is 9.59 Å². The van der Waals surface area contributed by atoms with Gasteiger partial charge in [0.15, 0.2) is 0 Å². The van der Waals surface area contributed by atoms with E-state index < -0.39 is 0 Å². The zero-order valence-corrected chi connectivity index (χ0v) is 14.6. The molecule has 128 valence electrons. The van der Waals surface area contributed by atoms with E-state index in [1.807, 2.05) is 16.8 Å². The minimum Gasteiger partial charge on any atom is -0.343 e. The van der Waals surface area contributed by atoms with Crippen molar-refractivity contribution in [3.05, 3.63) is 0 Å². The third kappa shape index (κ3) is 6.34. The Morgan fingerprint density at radius 2 is 1.68 bits per heavy atom. The van der Waals surface area contributed by atoms with Gasteiger partial charge in [0.25, 0.3) is 0 Å². The summed E-state index contributed by atoms with van der Waals surface area (Å²) in [6, 6.07) is 0.544. The molecule has 1 aliphatic rings. The molecule has 0 radical (unpaired) electrons. The van der Waals surface area contributed by atoms with Gasteiger partial charge in [-0.25, -0.2) is 0 Å². The summed E-state index contributed by atoms with van der Waals surface area (Å²) < 4.78 is 0. The molecule has 0 aliphatic carbocycles. The average molecular weight is 311 g/mol. The molecule has 1 rings (SSSR count). The molecule has 2 amide bonds. The molecular formula is C17H33N3O2. The molecule has 1 saturated heterocycles. The van der Waals surface area contributed by atoms with Crippen LogP contribution in [0.3, 0.4) is 0 Å². The molecule has 0 atom stereocenters. The molecule has 5 heteroatoms. The van der Waals surface area contributed by atoms with Crippen LogP contribution < -0.4 is 5.32 Å². The van der Waals surface area contributed by atoms with Crippen molar-refractivity contribution in [3.63, 3.8) is 0 Å². The molecule has 5 nitrogen and oxygen atoms in total. The first-order chi connectivity index (χ1) is 10.6. The predicted molar refractivity (Wildman–Crippen MR) is 89.7 cm³/mol. The van der Waals surface area contributed by atoms with Crippen molar-refractivity contribution in [1.29, 1.82) is 0 Å². The van der Waals surface area contributed by atoms with Crippen LogP contribution in [0.1, 0.15) is 58.8 Å². The van der Waals surface area contributed by atoms with E-state index in [1.165, 1.54) is 0 Å². The summed E-state index contributed by atoms with van der Waals surface area (Å²) in [5.74, 6) is 0.408. The van der Waals surface area contributed by atoms with E-state index >= 15 is 0 Å². The summed E-state index contributed by atoms with van der Waals surface area (Å²) in [6.45, 7) is 7.53. The van der Waals surface area contributed by atoms with Gasteiger partial charge in [0, 0.05) is 45.1 Å². The van der Waals surface area contributed by atoms with Crippen molar-refractivity contribution >= 4 is 11.8 Å². The average Bonchev–Trinajstić information content (AvgIpc) is 2.54. The Morgan fingerprint density at radius 3 is 2.18 bits per heavy atom. The second-order valence-electron chi connectivity index (χ2n) is 6.18. The highest BCUT2D eigenvalue weighted by Crippen LogP contribution is 2.12. The predicted octanol–water partition coefficient (Wildman–Crippen LogP) is 2.02. The summed E-state index contributed by atoms with van der Waals surface area (Å²) in [7, 11) is 1.98. The number of carbonyl (C=O) groups is 2. The Kier molecular flexibility index (Phi) is 9.13. The molecular weight excluding hydrogens is 278 g/mol. The molecule has 1 aliphatic heterocycles. The van der Waals surface area contributed by atoms with Gasteiger partial charge in [-0.3, -0.25) is 9.59 Å². The summed E-state index contributed by atoms with van der Waals surface area (Å²) in [4.78, 5) is 28.2. The number of nitrogens with one attached hydrogen (secondary N) is 1. The third-order valence-corrected chi connectivity index (χ3v) is 4.38. The van der Waals surface area contributed by atoms with Crippen LogP contribution >= 0.6 is 0 Å². The van der Waals surface area contributed by atoms with Gasteiger partial charge in [-0.15, -0.1) is 0 Å². The fraction of sp³-hybridized carbons (Fsp3) is 0.882. The van der Waals surface area contributed by atoms with Crippen LogP contribution in [-0.2, 0) is 9.59 Å². The summed E-state index contributed by atoms with van der Waals surface area (Å²) in [5.41, 5.74) is 0. The van der Waals surface area contributed by atoms with Crippen LogP contribution in [0.2, 0.25) is 0 Å². The normalized spacial score (nSPS) is 15.9. The van der Waals surface area contributed by atoms with E-state index in [0.717, 1.165) is 51.9 Å². The van der Waals surface area contributed by atoms with Gasteiger partial charge in [-0.1, -0.05) is 13.8 Å². The van der Waals surface area contributed by atoms with E-state index in [4.69, 9.17) is 0 Å². The maximum Gasteiger partial charge on any atom is 0.222 e. The topological polar surface area (TPSA) is 52.7 Å². The van der Waals surface area contributed by atoms with Gasteiger partial charge in [-0.05, 0) is 39.2 Å². The first-order valence-electron chi connectivity index (χ1n) is 8.85. The number of hydrogen-bond acceptors (Lipinski definition) is 3. The lowest BCUT2D eigenvalue weighted by molar-refractivity contribution is -0.133. The molecule has 0 aromatic rings. The first kappa shape index (κ1) is 18.9. The number of carbonyl (C=O) groups excluding carboxylic acids is 2. The lowest BCUT2D eigenvalue weighted by Crippen LogP contribution is -2.43. The van der Waals surface area contributed by atoms with Gasteiger partial charge in [0.1, 0.15) is 0 Å². The van der Waals surface area contributed by atoms with Crippen LogP contribution in [-0.4, -0.2) is 60.9 Å². The largest absolute Gasteiger partial charge is 0.343 e. The molecule has 0 aromatic heterocycles. The van der Waals surface area contributed by atoms with Gasteiger partial charge in [0.05, 0.1) is 0 Å².